The molecule has 0 radical (unpaired) electrons. The second-order valence-electron chi connectivity index (χ2n) is 3.95. The number of oxime groups is 1. The Morgan fingerprint density at radius 3 is 3.00 bits per heavy atom. The fraction of sp³-hybridized carbons (Fsp3) is 0.545. The van der Waals surface area contributed by atoms with Gasteiger partial charge in [-0.25, -0.2) is 0 Å². The Hall–Kier alpha value is -1.51. The molecule has 0 spiro atoms. The van der Waals surface area contributed by atoms with Gasteiger partial charge in [0.05, 0.1) is 29.2 Å². The lowest BCUT2D eigenvalue weighted by Crippen LogP contribution is -2.38. The van der Waals surface area contributed by atoms with E-state index < -0.39 is 4.92 Å². The average Bonchev–Trinajstić information content (AvgIpc) is 2.89. The second-order valence-corrected chi connectivity index (χ2v) is 5.05. The van der Waals surface area contributed by atoms with Crippen LogP contribution in [0.15, 0.2) is 17.3 Å². The molecule has 0 N–H and O–H groups in total. The van der Waals surface area contributed by atoms with Crippen LogP contribution in [0.1, 0.15) is 4.88 Å². The van der Waals surface area contributed by atoms with Crippen molar-refractivity contribution in [3.63, 3.8) is 0 Å². The van der Waals surface area contributed by atoms with E-state index in [9.17, 15) is 10.1 Å². The van der Waals surface area contributed by atoms with Crippen LogP contribution in [0.25, 0.3) is 0 Å². The molecule has 0 bridgehead atoms. The molecular formula is C11H15N3O4S. The number of hydrogen-bond acceptors (Lipinski definition) is 7. The molecule has 0 aromatic carbocycles. The van der Waals surface area contributed by atoms with Gasteiger partial charge in [-0.3, -0.25) is 15.0 Å². The summed E-state index contributed by atoms with van der Waals surface area (Å²) in [5, 5.41) is 14.4. The quantitative estimate of drug-likeness (QED) is 0.341. The van der Waals surface area contributed by atoms with E-state index >= 15 is 0 Å². The second kappa shape index (κ2) is 7.17. The topological polar surface area (TPSA) is 77.2 Å². The molecule has 1 aliphatic rings. The van der Waals surface area contributed by atoms with Gasteiger partial charge in [-0.15, -0.1) is 0 Å². The van der Waals surface area contributed by atoms with Gasteiger partial charge < -0.3 is 9.57 Å². The first-order chi connectivity index (χ1) is 9.25. The number of nitro groups is 1. The third-order valence-electron chi connectivity index (χ3n) is 2.65. The summed E-state index contributed by atoms with van der Waals surface area (Å²) in [5.74, 6) is 0. The van der Waals surface area contributed by atoms with Gasteiger partial charge in [0.1, 0.15) is 6.61 Å². The van der Waals surface area contributed by atoms with Gasteiger partial charge in [0.25, 0.3) is 0 Å². The van der Waals surface area contributed by atoms with Crippen LogP contribution in [-0.2, 0) is 9.57 Å². The highest BCUT2D eigenvalue weighted by molar-refractivity contribution is 7.16. The Bertz CT molecular complexity index is 443. The molecular weight excluding hydrogens is 270 g/mol. The van der Waals surface area contributed by atoms with E-state index in [-0.39, 0.29) is 5.00 Å². The highest BCUT2D eigenvalue weighted by atomic mass is 32.1. The third-order valence-corrected chi connectivity index (χ3v) is 3.62. The smallest absolute Gasteiger partial charge is 0.324 e. The maximum Gasteiger partial charge on any atom is 0.324 e. The molecule has 1 aromatic heterocycles. The van der Waals surface area contributed by atoms with E-state index in [0.717, 1.165) is 44.2 Å². The highest BCUT2D eigenvalue weighted by Crippen LogP contribution is 2.22. The lowest BCUT2D eigenvalue weighted by Gasteiger charge is -2.25. The summed E-state index contributed by atoms with van der Waals surface area (Å²) in [6.07, 6.45) is 1.50. The summed E-state index contributed by atoms with van der Waals surface area (Å²) in [6, 6.07) is 3.11. The van der Waals surface area contributed by atoms with Crippen LogP contribution in [-0.4, -0.2) is 55.5 Å². The fourth-order valence-corrected chi connectivity index (χ4v) is 2.33. The first-order valence-corrected chi connectivity index (χ1v) is 6.77. The van der Waals surface area contributed by atoms with E-state index in [2.05, 4.69) is 10.1 Å². The van der Waals surface area contributed by atoms with Gasteiger partial charge in [0, 0.05) is 25.7 Å². The molecule has 8 heteroatoms. The molecule has 2 heterocycles. The maximum atomic E-state index is 10.5. The molecule has 0 amide bonds. The Morgan fingerprint density at radius 2 is 2.32 bits per heavy atom. The summed E-state index contributed by atoms with van der Waals surface area (Å²) in [7, 11) is 0. The Morgan fingerprint density at radius 1 is 1.53 bits per heavy atom. The number of hydrogen-bond donors (Lipinski definition) is 0. The minimum Gasteiger partial charge on any atom is -0.394 e. The molecule has 1 aromatic rings. The van der Waals surface area contributed by atoms with E-state index in [1.807, 2.05) is 0 Å². The predicted molar refractivity (Wildman–Crippen MR) is 71.8 cm³/mol. The van der Waals surface area contributed by atoms with Crippen molar-refractivity contribution in [2.75, 3.05) is 39.5 Å². The molecule has 1 saturated heterocycles. The van der Waals surface area contributed by atoms with Crippen LogP contribution < -0.4 is 0 Å². The van der Waals surface area contributed by atoms with Crippen molar-refractivity contribution in [3.8, 4) is 0 Å². The SMILES string of the molecule is O=[N+]([O-])c1ccc(/C=N/OCCN2CCOCC2)s1. The van der Waals surface area contributed by atoms with E-state index in [4.69, 9.17) is 9.57 Å². The standard InChI is InChI=1S/C11H15N3O4S/c15-14(16)11-2-1-10(19-11)9-12-18-8-5-13-3-6-17-7-4-13/h1-2,9H,3-8H2/b12-9+. The zero-order valence-corrected chi connectivity index (χ0v) is 11.2. The van der Waals surface area contributed by atoms with Gasteiger partial charge in [-0.1, -0.05) is 16.5 Å². The average molecular weight is 285 g/mol. The molecule has 0 unspecified atom stereocenters. The third kappa shape index (κ3) is 4.58. The summed E-state index contributed by atoms with van der Waals surface area (Å²) >= 11 is 1.07. The van der Waals surface area contributed by atoms with Crippen molar-refractivity contribution in [2.45, 2.75) is 0 Å². The molecule has 19 heavy (non-hydrogen) atoms. The number of thiophene rings is 1. The molecule has 7 nitrogen and oxygen atoms in total. The minimum absolute atomic E-state index is 0.106. The van der Waals surface area contributed by atoms with Crippen molar-refractivity contribution in [1.29, 1.82) is 0 Å². The van der Waals surface area contributed by atoms with Crippen molar-refractivity contribution in [3.05, 3.63) is 27.1 Å². The van der Waals surface area contributed by atoms with Crippen LogP contribution in [0.5, 0.6) is 0 Å². The van der Waals surface area contributed by atoms with Crippen LogP contribution >= 0.6 is 11.3 Å². The fourth-order valence-electron chi connectivity index (χ4n) is 1.65. The molecule has 2 rings (SSSR count). The summed E-state index contributed by atoms with van der Waals surface area (Å²) in [4.78, 5) is 18.2. The highest BCUT2D eigenvalue weighted by Gasteiger charge is 2.10. The van der Waals surface area contributed by atoms with Crippen molar-refractivity contribution < 1.29 is 14.5 Å². The van der Waals surface area contributed by atoms with Crippen molar-refractivity contribution in [2.24, 2.45) is 5.16 Å². The van der Waals surface area contributed by atoms with Crippen LogP contribution in [0.4, 0.5) is 5.00 Å². The summed E-state index contributed by atoms with van der Waals surface area (Å²) < 4.78 is 5.24. The molecule has 104 valence electrons. The van der Waals surface area contributed by atoms with Gasteiger partial charge >= 0.3 is 5.00 Å². The Kier molecular flexibility index (Phi) is 5.25. The van der Waals surface area contributed by atoms with E-state index in [1.165, 1.54) is 12.3 Å². The summed E-state index contributed by atoms with van der Waals surface area (Å²) in [6.45, 7) is 4.69. The first kappa shape index (κ1) is 13.9. The zero-order chi connectivity index (χ0) is 13.5. The first-order valence-electron chi connectivity index (χ1n) is 5.95. The molecule has 1 aliphatic heterocycles. The van der Waals surface area contributed by atoms with E-state index in [1.54, 1.807) is 6.07 Å². The lowest BCUT2D eigenvalue weighted by atomic mass is 10.4. The number of rotatable bonds is 6. The largest absolute Gasteiger partial charge is 0.394 e. The van der Waals surface area contributed by atoms with Gasteiger partial charge in [0.2, 0.25) is 0 Å². The molecule has 0 atom stereocenters. The number of ether oxygens (including phenoxy) is 1. The van der Waals surface area contributed by atoms with Crippen LogP contribution in [0.3, 0.4) is 0 Å². The Balaban J connectivity index is 1.66. The zero-order valence-electron chi connectivity index (χ0n) is 10.4. The molecule has 1 fully saturated rings. The lowest BCUT2D eigenvalue weighted by molar-refractivity contribution is -0.380. The van der Waals surface area contributed by atoms with Crippen LogP contribution in [0.2, 0.25) is 0 Å². The minimum atomic E-state index is -0.415. The normalized spacial score (nSPS) is 16.8. The summed E-state index contributed by atoms with van der Waals surface area (Å²) in [5.41, 5.74) is 0. The number of morpholine rings is 1. The van der Waals surface area contributed by atoms with Crippen LogP contribution in [0, 0.1) is 10.1 Å². The molecule has 0 saturated carbocycles. The van der Waals surface area contributed by atoms with E-state index in [0.29, 0.717) is 11.5 Å². The van der Waals surface area contributed by atoms with Gasteiger partial charge in [-0.05, 0) is 6.07 Å². The molecule has 0 aliphatic carbocycles. The monoisotopic (exact) mass is 285 g/mol. The predicted octanol–water partition coefficient (Wildman–Crippen LogP) is 1.34. The number of nitrogens with zero attached hydrogens (tertiary/aromatic N) is 3. The Labute approximate surface area is 114 Å². The van der Waals surface area contributed by atoms with Gasteiger partial charge in [0.15, 0.2) is 0 Å². The van der Waals surface area contributed by atoms with Gasteiger partial charge in [-0.2, -0.15) is 0 Å². The van der Waals surface area contributed by atoms with Crippen molar-refractivity contribution in [1.82, 2.24) is 4.90 Å². The maximum absolute atomic E-state index is 10.5. The van der Waals surface area contributed by atoms with Crippen molar-refractivity contribution >= 4 is 22.6 Å².